The molecule has 13 heavy (non-hydrogen) atoms. The van der Waals surface area contributed by atoms with Crippen LogP contribution >= 0.6 is 23.4 Å². The van der Waals surface area contributed by atoms with Gasteiger partial charge in [-0.3, -0.25) is 4.79 Å². The van der Waals surface area contributed by atoms with Crippen molar-refractivity contribution in [2.24, 2.45) is 0 Å². The topological polar surface area (TPSA) is 45.8 Å². The summed E-state index contributed by atoms with van der Waals surface area (Å²) >= 11 is 7.25. The van der Waals surface area contributed by atoms with E-state index in [4.69, 9.17) is 11.6 Å². The van der Waals surface area contributed by atoms with Crippen LogP contribution in [-0.2, 0) is 0 Å². The molecular weight excluding hydrogens is 208 g/mol. The van der Waals surface area contributed by atoms with Crippen molar-refractivity contribution in [1.29, 1.82) is 0 Å². The first-order valence-corrected chi connectivity index (χ1v) is 5.02. The molecule has 0 saturated carbocycles. The number of nitrogens with zero attached hydrogens (tertiary/aromatic N) is 1. The Bertz CT molecular complexity index is 356. The third-order valence-electron chi connectivity index (χ3n) is 1.17. The first kappa shape index (κ1) is 10.6. The van der Waals surface area contributed by atoms with E-state index in [0.29, 0.717) is 5.03 Å². The van der Waals surface area contributed by atoms with Crippen molar-refractivity contribution < 1.29 is 0 Å². The Hall–Kier alpha value is -0.480. The molecule has 0 fully saturated rings. The highest BCUT2D eigenvalue weighted by atomic mass is 35.5. The van der Waals surface area contributed by atoms with Gasteiger partial charge in [0, 0.05) is 4.75 Å². The van der Waals surface area contributed by atoms with Crippen LogP contribution in [0.3, 0.4) is 0 Å². The molecule has 0 amide bonds. The van der Waals surface area contributed by atoms with Crippen LogP contribution in [0.2, 0.25) is 5.02 Å². The summed E-state index contributed by atoms with van der Waals surface area (Å²) in [5, 5.41) is 0.750. The molecule has 1 aromatic rings. The standard InChI is InChI=1S/C8H11ClN2OS/c1-8(2,3)13-7-5(9)6(12)10-4-11-7/h4H,1-3H3,(H,10,11,12). The molecule has 0 radical (unpaired) electrons. The van der Waals surface area contributed by atoms with Gasteiger partial charge in [0.1, 0.15) is 10.0 Å². The minimum atomic E-state index is -0.289. The molecule has 72 valence electrons. The zero-order valence-corrected chi connectivity index (χ0v) is 9.29. The lowest BCUT2D eigenvalue weighted by Gasteiger charge is -2.16. The Kier molecular flexibility index (Phi) is 3.03. The Morgan fingerprint density at radius 2 is 2.15 bits per heavy atom. The van der Waals surface area contributed by atoms with Gasteiger partial charge in [-0.15, -0.1) is 0 Å². The van der Waals surface area contributed by atoms with E-state index in [1.54, 1.807) is 0 Å². The van der Waals surface area contributed by atoms with Crippen LogP contribution in [0.25, 0.3) is 0 Å². The number of aromatic nitrogens is 2. The molecule has 5 heteroatoms. The molecule has 3 nitrogen and oxygen atoms in total. The number of thioether (sulfide) groups is 1. The van der Waals surface area contributed by atoms with Gasteiger partial charge < -0.3 is 4.98 Å². The smallest absolute Gasteiger partial charge is 0.270 e. The van der Waals surface area contributed by atoms with Crippen LogP contribution in [0.15, 0.2) is 16.1 Å². The predicted octanol–water partition coefficient (Wildman–Crippen LogP) is 2.31. The lowest BCUT2D eigenvalue weighted by atomic mass is 10.3. The lowest BCUT2D eigenvalue weighted by molar-refractivity contribution is 0.798. The van der Waals surface area contributed by atoms with E-state index in [-0.39, 0.29) is 15.3 Å². The molecule has 0 unspecified atom stereocenters. The lowest BCUT2D eigenvalue weighted by Crippen LogP contribution is -2.12. The molecule has 1 rings (SSSR count). The number of H-pyrrole nitrogens is 1. The number of rotatable bonds is 1. The molecule has 0 saturated heterocycles. The molecule has 0 aliphatic heterocycles. The number of nitrogens with one attached hydrogen (secondary N) is 1. The zero-order valence-electron chi connectivity index (χ0n) is 7.72. The van der Waals surface area contributed by atoms with E-state index in [1.807, 2.05) is 20.8 Å². The molecule has 1 N–H and O–H groups in total. The summed E-state index contributed by atoms with van der Waals surface area (Å²) in [7, 11) is 0. The fourth-order valence-electron chi connectivity index (χ4n) is 0.728. The van der Waals surface area contributed by atoms with Gasteiger partial charge in [-0.05, 0) is 0 Å². The van der Waals surface area contributed by atoms with Crippen molar-refractivity contribution in [3.8, 4) is 0 Å². The van der Waals surface area contributed by atoms with Gasteiger partial charge in [-0.2, -0.15) is 0 Å². The second kappa shape index (κ2) is 3.72. The van der Waals surface area contributed by atoms with E-state index in [9.17, 15) is 4.79 Å². The second-order valence-corrected chi connectivity index (χ2v) is 5.76. The van der Waals surface area contributed by atoms with Crippen LogP contribution in [0.4, 0.5) is 0 Å². The third-order valence-corrected chi connectivity index (χ3v) is 2.75. The van der Waals surface area contributed by atoms with E-state index in [0.717, 1.165) is 0 Å². The molecule has 1 heterocycles. The third kappa shape index (κ3) is 3.04. The number of aromatic amines is 1. The minimum absolute atomic E-state index is 0.00440. The van der Waals surface area contributed by atoms with Crippen molar-refractivity contribution in [2.45, 2.75) is 30.5 Å². The normalized spacial score (nSPS) is 11.7. The van der Waals surface area contributed by atoms with Gasteiger partial charge >= 0.3 is 0 Å². The van der Waals surface area contributed by atoms with Crippen molar-refractivity contribution in [3.05, 3.63) is 21.7 Å². The van der Waals surface area contributed by atoms with Gasteiger partial charge in [0.05, 0.1) is 6.33 Å². The van der Waals surface area contributed by atoms with Crippen molar-refractivity contribution >= 4 is 23.4 Å². The largest absolute Gasteiger partial charge is 0.312 e. The molecule has 0 atom stereocenters. The minimum Gasteiger partial charge on any atom is -0.312 e. The Morgan fingerprint density at radius 3 is 2.69 bits per heavy atom. The van der Waals surface area contributed by atoms with Crippen molar-refractivity contribution in [2.75, 3.05) is 0 Å². The Balaban J connectivity index is 3.03. The SMILES string of the molecule is CC(C)(C)Sc1nc[nH]c(=O)c1Cl. The maximum Gasteiger partial charge on any atom is 0.270 e. The molecule has 1 aromatic heterocycles. The number of halogens is 1. The van der Waals surface area contributed by atoms with Gasteiger partial charge in [-0.1, -0.05) is 44.1 Å². The zero-order chi connectivity index (χ0) is 10.1. The van der Waals surface area contributed by atoms with Crippen LogP contribution in [-0.4, -0.2) is 14.7 Å². The summed E-state index contributed by atoms with van der Waals surface area (Å²) in [4.78, 5) is 17.5. The van der Waals surface area contributed by atoms with E-state index >= 15 is 0 Å². The maximum absolute atomic E-state index is 11.1. The highest BCUT2D eigenvalue weighted by molar-refractivity contribution is 8.00. The summed E-state index contributed by atoms with van der Waals surface area (Å²) < 4.78 is 0.00440. The quantitative estimate of drug-likeness (QED) is 0.581. The van der Waals surface area contributed by atoms with Gasteiger partial charge in [-0.25, -0.2) is 4.98 Å². The summed E-state index contributed by atoms with van der Waals surface area (Å²) in [5.74, 6) is 0. The van der Waals surface area contributed by atoms with Crippen LogP contribution in [0.1, 0.15) is 20.8 Å². The molecule has 0 aliphatic carbocycles. The molecule has 0 spiro atoms. The highest BCUT2D eigenvalue weighted by Gasteiger charge is 2.16. The summed E-state index contributed by atoms with van der Waals surface area (Å²) in [6, 6.07) is 0. The first-order valence-electron chi connectivity index (χ1n) is 3.82. The fraction of sp³-hybridized carbons (Fsp3) is 0.500. The van der Waals surface area contributed by atoms with E-state index < -0.39 is 0 Å². The van der Waals surface area contributed by atoms with Gasteiger partial charge in [0.2, 0.25) is 0 Å². The van der Waals surface area contributed by atoms with Gasteiger partial charge in [0.25, 0.3) is 5.56 Å². The summed E-state index contributed by atoms with van der Waals surface area (Å²) in [6.45, 7) is 6.12. The second-order valence-electron chi connectivity index (χ2n) is 3.57. The average molecular weight is 219 g/mol. The van der Waals surface area contributed by atoms with Crippen LogP contribution in [0, 0.1) is 0 Å². The highest BCUT2D eigenvalue weighted by Crippen LogP contribution is 2.32. The molecule has 0 aromatic carbocycles. The van der Waals surface area contributed by atoms with Crippen LogP contribution in [0.5, 0.6) is 0 Å². The van der Waals surface area contributed by atoms with E-state index in [1.165, 1.54) is 18.1 Å². The van der Waals surface area contributed by atoms with Crippen molar-refractivity contribution in [3.63, 3.8) is 0 Å². The summed E-state index contributed by atoms with van der Waals surface area (Å²) in [5.41, 5.74) is -0.289. The molecular formula is C8H11ClN2OS. The maximum atomic E-state index is 11.1. The summed E-state index contributed by atoms with van der Waals surface area (Å²) in [6.07, 6.45) is 1.36. The predicted molar refractivity (Wildman–Crippen MR) is 55.5 cm³/mol. The number of hydrogen-bond acceptors (Lipinski definition) is 3. The van der Waals surface area contributed by atoms with Crippen LogP contribution < -0.4 is 5.56 Å². The monoisotopic (exact) mass is 218 g/mol. The van der Waals surface area contributed by atoms with E-state index in [2.05, 4.69) is 9.97 Å². The fourth-order valence-corrected chi connectivity index (χ4v) is 1.81. The first-order chi connectivity index (χ1) is 5.90. The average Bonchev–Trinajstić information content (AvgIpc) is 1.96. The molecule has 0 bridgehead atoms. The Morgan fingerprint density at radius 1 is 1.54 bits per heavy atom. The Labute approximate surface area is 85.9 Å². The van der Waals surface area contributed by atoms with Crippen molar-refractivity contribution in [1.82, 2.24) is 9.97 Å². The van der Waals surface area contributed by atoms with Gasteiger partial charge in [0.15, 0.2) is 0 Å². The number of hydrogen-bond donors (Lipinski definition) is 1. The molecule has 0 aliphatic rings.